The SMILES string of the molecule is NCC1CCC(CN2CC3CCCC3C2)O1. The van der Waals surface area contributed by atoms with E-state index in [1.165, 1.54) is 45.2 Å². The van der Waals surface area contributed by atoms with E-state index in [1.807, 2.05) is 0 Å². The summed E-state index contributed by atoms with van der Waals surface area (Å²) in [5, 5.41) is 0. The molecular weight excluding hydrogens is 200 g/mol. The molecule has 2 aliphatic heterocycles. The molecule has 0 radical (unpaired) electrons. The van der Waals surface area contributed by atoms with E-state index in [-0.39, 0.29) is 0 Å². The Morgan fingerprint density at radius 3 is 2.31 bits per heavy atom. The van der Waals surface area contributed by atoms with E-state index in [4.69, 9.17) is 10.5 Å². The van der Waals surface area contributed by atoms with Gasteiger partial charge in [0.1, 0.15) is 0 Å². The number of nitrogens with zero attached hydrogens (tertiary/aromatic N) is 1. The molecule has 0 bridgehead atoms. The molecule has 0 amide bonds. The van der Waals surface area contributed by atoms with Crippen molar-refractivity contribution in [1.29, 1.82) is 0 Å². The predicted octanol–water partition coefficient (Wildman–Crippen LogP) is 1.22. The zero-order valence-electron chi connectivity index (χ0n) is 10.1. The smallest absolute Gasteiger partial charge is 0.0707 e. The highest BCUT2D eigenvalue weighted by Gasteiger charge is 2.37. The maximum absolute atomic E-state index is 5.93. The Labute approximate surface area is 98.3 Å². The largest absolute Gasteiger partial charge is 0.372 e. The molecule has 0 aromatic heterocycles. The fourth-order valence-electron chi connectivity index (χ4n) is 3.86. The second kappa shape index (κ2) is 4.63. The van der Waals surface area contributed by atoms with Crippen LogP contribution in [0.15, 0.2) is 0 Å². The minimum atomic E-state index is 0.340. The summed E-state index contributed by atoms with van der Waals surface area (Å²) in [6, 6.07) is 0. The lowest BCUT2D eigenvalue weighted by atomic mass is 10.0. The van der Waals surface area contributed by atoms with Crippen LogP contribution in [0.4, 0.5) is 0 Å². The molecule has 3 rings (SSSR count). The minimum absolute atomic E-state index is 0.340. The Hall–Kier alpha value is -0.120. The summed E-state index contributed by atoms with van der Waals surface area (Å²) in [5.74, 6) is 2.01. The van der Waals surface area contributed by atoms with Gasteiger partial charge in [0.05, 0.1) is 12.2 Å². The van der Waals surface area contributed by atoms with Crippen molar-refractivity contribution in [3.63, 3.8) is 0 Å². The van der Waals surface area contributed by atoms with E-state index >= 15 is 0 Å². The Morgan fingerprint density at radius 1 is 1.00 bits per heavy atom. The van der Waals surface area contributed by atoms with Crippen LogP contribution in [0.3, 0.4) is 0 Å². The Kier molecular flexibility index (Phi) is 3.18. The van der Waals surface area contributed by atoms with Crippen LogP contribution in [0.25, 0.3) is 0 Å². The van der Waals surface area contributed by atoms with Crippen molar-refractivity contribution in [2.75, 3.05) is 26.2 Å². The van der Waals surface area contributed by atoms with Crippen LogP contribution in [0.5, 0.6) is 0 Å². The third-order valence-corrected chi connectivity index (χ3v) is 4.72. The van der Waals surface area contributed by atoms with Gasteiger partial charge in [-0.1, -0.05) is 6.42 Å². The van der Waals surface area contributed by atoms with Crippen molar-refractivity contribution in [3.05, 3.63) is 0 Å². The Bertz CT molecular complexity index is 234. The normalized spacial score (nSPS) is 44.1. The molecule has 1 saturated carbocycles. The van der Waals surface area contributed by atoms with E-state index in [1.54, 1.807) is 0 Å². The molecule has 4 unspecified atom stereocenters. The lowest BCUT2D eigenvalue weighted by Crippen LogP contribution is -2.32. The molecule has 3 fully saturated rings. The molecule has 16 heavy (non-hydrogen) atoms. The number of nitrogens with two attached hydrogens (primary N) is 1. The van der Waals surface area contributed by atoms with Crippen LogP contribution in [0, 0.1) is 11.8 Å². The molecule has 0 spiro atoms. The molecular formula is C13H24N2O. The van der Waals surface area contributed by atoms with E-state index in [0.29, 0.717) is 18.8 Å². The first-order valence-corrected chi connectivity index (χ1v) is 6.93. The van der Waals surface area contributed by atoms with Crippen molar-refractivity contribution in [3.8, 4) is 0 Å². The number of ether oxygens (including phenoxy) is 1. The number of hydrogen-bond acceptors (Lipinski definition) is 3. The van der Waals surface area contributed by atoms with Crippen LogP contribution in [0.2, 0.25) is 0 Å². The quantitative estimate of drug-likeness (QED) is 0.783. The highest BCUT2D eigenvalue weighted by molar-refractivity contribution is 4.90. The van der Waals surface area contributed by atoms with Gasteiger partial charge in [0.25, 0.3) is 0 Å². The second-order valence-electron chi connectivity index (χ2n) is 5.86. The van der Waals surface area contributed by atoms with E-state index in [0.717, 1.165) is 18.4 Å². The van der Waals surface area contributed by atoms with Gasteiger partial charge in [0, 0.05) is 26.2 Å². The van der Waals surface area contributed by atoms with Crippen LogP contribution in [-0.2, 0) is 4.74 Å². The van der Waals surface area contributed by atoms with Crippen LogP contribution < -0.4 is 5.73 Å². The molecule has 0 aromatic carbocycles. The first kappa shape index (κ1) is 11.0. The standard InChI is InChI=1S/C13H24N2O/c14-6-12-4-5-13(16-12)9-15-7-10-2-1-3-11(10)8-15/h10-13H,1-9,14H2. The summed E-state index contributed by atoms with van der Waals surface area (Å²) in [5.41, 5.74) is 5.64. The van der Waals surface area contributed by atoms with Gasteiger partial charge in [-0.05, 0) is 37.5 Å². The third-order valence-electron chi connectivity index (χ3n) is 4.72. The summed E-state index contributed by atoms with van der Waals surface area (Å²) in [7, 11) is 0. The van der Waals surface area contributed by atoms with Gasteiger partial charge in [-0.15, -0.1) is 0 Å². The zero-order chi connectivity index (χ0) is 11.0. The van der Waals surface area contributed by atoms with Crippen molar-refractivity contribution in [1.82, 2.24) is 4.90 Å². The fraction of sp³-hybridized carbons (Fsp3) is 1.00. The van der Waals surface area contributed by atoms with Gasteiger partial charge in [0.2, 0.25) is 0 Å². The molecule has 0 aromatic rings. The van der Waals surface area contributed by atoms with E-state index in [9.17, 15) is 0 Å². The summed E-state index contributed by atoms with van der Waals surface area (Å²) in [4.78, 5) is 2.64. The molecule has 3 aliphatic rings. The summed E-state index contributed by atoms with van der Waals surface area (Å²) in [6.45, 7) is 4.51. The predicted molar refractivity (Wildman–Crippen MR) is 64.2 cm³/mol. The van der Waals surface area contributed by atoms with Crippen LogP contribution in [-0.4, -0.2) is 43.3 Å². The first-order valence-electron chi connectivity index (χ1n) is 6.93. The number of fused-ring (bicyclic) bond motifs is 1. The molecule has 2 heterocycles. The summed E-state index contributed by atoms with van der Waals surface area (Å²) in [6.07, 6.45) is 7.60. The van der Waals surface area contributed by atoms with Crippen molar-refractivity contribution < 1.29 is 4.74 Å². The number of likely N-dealkylation sites (tertiary alicyclic amines) is 1. The third kappa shape index (κ3) is 2.13. The van der Waals surface area contributed by atoms with Crippen molar-refractivity contribution in [2.45, 2.75) is 44.3 Å². The van der Waals surface area contributed by atoms with Gasteiger partial charge in [0.15, 0.2) is 0 Å². The fourth-order valence-corrected chi connectivity index (χ4v) is 3.86. The second-order valence-corrected chi connectivity index (χ2v) is 5.86. The highest BCUT2D eigenvalue weighted by atomic mass is 16.5. The van der Waals surface area contributed by atoms with Crippen LogP contribution >= 0.6 is 0 Å². The maximum atomic E-state index is 5.93. The topological polar surface area (TPSA) is 38.5 Å². The lowest BCUT2D eigenvalue weighted by Gasteiger charge is -2.21. The Morgan fingerprint density at radius 2 is 1.69 bits per heavy atom. The van der Waals surface area contributed by atoms with Crippen molar-refractivity contribution in [2.24, 2.45) is 17.6 Å². The highest BCUT2D eigenvalue weighted by Crippen LogP contribution is 2.38. The summed E-state index contributed by atoms with van der Waals surface area (Å²) >= 11 is 0. The average Bonchev–Trinajstić information content (AvgIpc) is 2.92. The molecule has 3 heteroatoms. The molecule has 2 saturated heterocycles. The number of hydrogen-bond donors (Lipinski definition) is 1. The minimum Gasteiger partial charge on any atom is -0.372 e. The summed E-state index contributed by atoms with van der Waals surface area (Å²) < 4.78 is 5.93. The molecule has 4 atom stereocenters. The zero-order valence-corrected chi connectivity index (χ0v) is 10.1. The van der Waals surface area contributed by atoms with Gasteiger partial charge in [-0.2, -0.15) is 0 Å². The molecule has 92 valence electrons. The van der Waals surface area contributed by atoms with Gasteiger partial charge >= 0.3 is 0 Å². The molecule has 3 nitrogen and oxygen atoms in total. The van der Waals surface area contributed by atoms with Gasteiger partial charge in [-0.25, -0.2) is 0 Å². The average molecular weight is 224 g/mol. The molecule has 1 aliphatic carbocycles. The van der Waals surface area contributed by atoms with Gasteiger partial charge < -0.3 is 15.4 Å². The lowest BCUT2D eigenvalue weighted by molar-refractivity contribution is 0.0301. The maximum Gasteiger partial charge on any atom is 0.0707 e. The van der Waals surface area contributed by atoms with Crippen LogP contribution in [0.1, 0.15) is 32.1 Å². The Balaban J connectivity index is 1.46. The number of rotatable bonds is 3. The van der Waals surface area contributed by atoms with Crippen molar-refractivity contribution >= 4 is 0 Å². The van der Waals surface area contributed by atoms with E-state index < -0.39 is 0 Å². The monoisotopic (exact) mass is 224 g/mol. The van der Waals surface area contributed by atoms with Gasteiger partial charge in [-0.3, -0.25) is 0 Å². The van der Waals surface area contributed by atoms with E-state index in [2.05, 4.69) is 4.90 Å². The first-order chi connectivity index (χ1) is 7.85. The molecule has 2 N–H and O–H groups in total.